The molecule has 1 aliphatic heterocycles. The average Bonchev–Trinajstić information content (AvgIpc) is 2.67. The molecule has 1 heterocycles. The van der Waals surface area contributed by atoms with Gasteiger partial charge in [-0.25, -0.2) is 0 Å². The molecule has 1 aromatic carbocycles. The first-order valence-electron chi connectivity index (χ1n) is 6.24. The van der Waals surface area contributed by atoms with Gasteiger partial charge < -0.3 is 10.6 Å². The lowest BCUT2D eigenvalue weighted by Crippen LogP contribution is -2.15. The highest BCUT2D eigenvalue weighted by Crippen LogP contribution is 2.19. The van der Waals surface area contributed by atoms with Gasteiger partial charge in [-0.1, -0.05) is 24.3 Å². The molecule has 1 aliphatic rings. The molecule has 2 nitrogen and oxygen atoms in total. The summed E-state index contributed by atoms with van der Waals surface area (Å²) in [4.78, 5) is 2.42. The van der Waals surface area contributed by atoms with Crippen LogP contribution in [0.2, 0.25) is 0 Å². The Morgan fingerprint density at radius 1 is 1.25 bits per heavy atom. The Balaban J connectivity index is 1.89. The van der Waals surface area contributed by atoms with Crippen molar-refractivity contribution < 1.29 is 0 Å². The molecule has 0 aromatic heterocycles. The van der Waals surface area contributed by atoms with Crippen molar-refractivity contribution in [3.8, 4) is 0 Å². The molecular weight excluding hydrogens is 196 g/mol. The molecule has 0 aliphatic carbocycles. The summed E-state index contributed by atoms with van der Waals surface area (Å²) in [7, 11) is 2.21. The van der Waals surface area contributed by atoms with E-state index in [1.165, 1.54) is 37.1 Å². The van der Waals surface area contributed by atoms with Gasteiger partial charge in [-0.05, 0) is 56.4 Å². The highest BCUT2D eigenvalue weighted by Gasteiger charge is 2.19. The van der Waals surface area contributed by atoms with Gasteiger partial charge in [0, 0.05) is 6.54 Å². The number of hydrogen-bond acceptors (Lipinski definition) is 2. The predicted molar refractivity (Wildman–Crippen MR) is 68.5 cm³/mol. The highest BCUT2D eigenvalue weighted by molar-refractivity contribution is 5.23. The van der Waals surface area contributed by atoms with E-state index in [-0.39, 0.29) is 0 Å². The quantitative estimate of drug-likeness (QED) is 0.833. The number of rotatable bonds is 4. The van der Waals surface area contributed by atoms with E-state index in [9.17, 15) is 0 Å². The summed E-state index contributed by atoms with van der Waals surface area (Å²) in [5.41, 5.74) is 8.37. The average molecular weight is 218 g/mol. The van der Waals surface area contributed by atoms with Crippen molar-refractivity contribution in [1.82, 2.24) is 4.90 Å². The van der Waals surface area contributed by atoms with Crippen molar-refractivity contribution >= 4 is 0 Å². The second kappa shape index (κ2) is 5.46. The van der Waals surface area contributed by atoms with Crippen molar-refractivity contribution in [2.45, 2.75) is 19.3 Å². The fraction of sp³-hybridized carbons (Fsp3) is 0.571. The van der Waals surface area contributed by atoms with Gasteiger partial charge >= 0.3 is 0 Å². The Labute approximate surface area is 98.4 Å². The van der Waals surface area contributed by atoms with Gasteiger partial charge in [0.2, 0.25) is 0 Å². The van der Waals surface area contributed by atoms with Gasteiger partial charge in [-0.15, -0.1) is 0 Å². The lowest BCUT2D eigenvalue weighted by molar-refractivity contribution is 0.394. The summed E-state index contributed by atoms with van der Waals surface area (Å²) in [6.07, 6.45) is 3.57. The Morgan fingerprint density at radius 2 is 1.94 bits per heavy atom. The number of nitrogens with zero attached hydrogens (tertiary/aromatic N) is 1. The smallest absolute Gasteiger partial charge is 0.00103 e. The van der Waals surface area contributed by atoms with Crippen molar-refractivity contribution in [2.75, 3.05) is 26.7 Å². The Hall–Kier alpha value is -0.860. The first-order chi connectivity index (χ1) is 7.78. The number of benzene rings is 1. The Bertz CT molecular complexity index is 318. The lowest BCUT2D eigenvalue weighted by Gasteiger charge is -2.10. The molecule has 0 bridgehead atoms. The van der Waals surface area contributed by atoms with E-state index in [1.807, 2.05) is 0 Å². The molecule has 16 heavy (non-hydrogen) atoms. The van der Waals surface area contributed by atoms with Crippen molar-refractivity contribution in [2.24, 2.45) is 11.7 Å². The van der Waals surface area contributed by atoms with Crippen LogP contribution in [0.25, 0.3) is 0 Å². The van der Waals surface area contributed by atoms with Gasteiger partial charge in [0.15, 0.2) is 0 Å². The molecule has 1 saturated heterocycles. The minimum atomic E-state index is 0.743. The maximum absolute atomic E-state index is 5.54. The molecular formula is C14H22N2. The van der Waals surface area contributed by atoms with Crippen LogP contribution in [0.5, 0.6) is 0 Å². The maximum atomic E-state index is 5.54. The minimum Gasteiger partial charge on any atom is -0.330 e. The lowest BCUT2D eigenvalue weighted by atomic mass is 9.97. The van der Waals surface area contributed by atoms with Crippen LogP contribution in [0.15, 0.2) is 24.3 Å². The minimum absolute atomic E-state index is 0.743. The molecule has 88 valence electrons. The van der Waals surface area contributed by atoms with Crippen LogP contribution in [-0.4, -0.2) is 31.6 Å². The van der Waals surface area contributed by atoms with Crippen molar-refractivity contribution in [3.63, 3.8) is 0 Å². The van der Waals surface area contributed by atoms with Gasteiger partial charge in [0.25, 0.3) is 0 Å². The predicted octanol–water partition coefficient (Wildman–Crippen LogP) is 1.68. The summed E-state index contributed by atoms with van der Waals surface area (Å²) >= 11 is 0. The van der Waals surface area contributed by atoms with Crippen LogP contribution >= 0.6 is 0 Å². The number of nitrogens with two attached hydrogens (primary N) is 1. The summed E-state index contributed by atoms with van der Waals surface area (Å²) in [5.74, 6) is 0.852. The normalized spacial score (nSPS) is 21.5. The number of hydrogen-bond donors (Lipinski definition) is 1. The van der Waals surface area contributed by atoms with Crippen LogP contribution in [0.1, 0.15) is 17.5 Å². The van der Waals surface area contributed by atoms with Crippen molar-refractivity contribution in [1.29, 1.82) is 0 Å². The van der Waals surface area contributed by atoms with Gasteiger partial charge in [0.05, 0.1) is 0 Å². The Morgan fingerprint density at radius 3 is 2.50 bits per heavy atom. The van der Waals surface area contributed by atoms with Crippen LogP contribution < -0.4 is 5.73 Å². The topological polar surface area (TPSA) is 29.3 Å². The molecule has 0 saturated carbocycles. The largest absolute Gasteiger partial charge is 0.330 e. The number of likely N-dealkylation sites (tertiary alicyclic amines) is 1. The van der Waals surface area contributed by atoms with Crippen LogP contribution in [0.4, 0.5) is 0 Å². The molecule has 1 aromatic rings. The van der Waals surface area contributed by atoms with E-state index in [2.05, 4.69) is 36.2 Å². The molecule has 2 heteroatoms. The monoisotopic (exact) mass is 218 g/mol. The van der Waals surface area contributed by atoms with E-state index in [1.54, 1.807) is 0 Å². The zero-order valence-corrected chi connectivity index (χ0v) is 10.2. The van der Waals surface area contributed by atoms with Crippen LogP contribution in [0, 0.1) is 5.92 Å². The molecule has 1 unspecified atom stereocenters. The van der Waals surface area contributed by atoms with E-state index in [4.69, 9.17) is 5.73 Å². The zero-order valence-electron chi connectivity index (χ0n) is 10.2. The highest BCUT2D eigenvalue weighted by atomic mass is 15.1. The molecule has 0 radical (unpaired) electrons. The maximum Gasteiger partial charge on any atom is 0.00103 e. The second-order valence-corrected chi connectivity index (χ2v) is 4.98. The molecule has 2 rings (SSSR count). The van der Waals surface area contributed by atoms with E-state index in [0.29, 0.717) is 0 Å². The third-order valence-corrected chi connectivity index (χ3v) is 3.47. The van der Waals surface area contributed by atoms with Gasteiger partial charge in [0.1, 0.15) is 0 Å². The standard InChI is InChI=1S/C14H22N2/c1-16-9-7-14(11-16)10-13-4-2-12(3-5-13)6-8-15/h2-5,14H,6-11,15H2,1H3. The Kier molecular flexibility index (Phi) is 3.97. The van der Waals surface area contributed by atoms with Gasteiger partial charge in [-0.2, -0.15) is 0 Å². The molecule has 0 spiro atoms. The summed E-state index contributed by atoms with van der Waals surface area (Å²) in [6.45, 7) is 3.26. The molecule has 0 amide bonds. The van der Waals surface area contributed by atoms with Gasteiger partial charge in [-0.3, -0.25) is 0 Å². The summed E-state index contributed by atoms with van der Waals surface area (Å²) in [5, 5.41) is 0. The second-order valence-electron chi connectivity index (χ2n) is 4.98. The summed E-state index contributed by atoms with van der Waals surface area (Å²) < 4.78 is 0. The van der Waals surface area contributed by atoms with Crippen molar-refractivity contribution in [3.05, 3.63) is 35.4 Å². The first kappa shape index (κ1) is 11.6. The molecule has 1 atom stereocenters. The van der Waals surface area contributed by atoms with Crippen LogP contribution in [-0.2, 0) is 12.8 Å². The van der Waals surface area contributed by atoms with Crippen LogP contribution in [0.3, 0.4) is 0 Å². The van der Waals surface area contributed by atoms with E-state index in [0.717, 1.165) is 18.9 Å². The van der Waals surface area contributed by atoms with E-state index < -0.39 is 0 Å². The third-order valence-electron chi connectivity index (χ3n) is 3.47. The molecule has 1 fully saturated rings. The zero-order chi connectivity index (χ0) is 11.4. The fourth-order valence-corrected chi connectivity index (χ4v) is 2.53. The van der Waals surface area contributed by atoms with E-state index >= 15 is 0 Å². The SMILES string of the molecule is CN1CCC(Cc2ccc(CCN)cc2)C1. The summed E-state index contributed by atoms with van der Waals surface area (Å²) in [6, 6.07) is 8.98. The molecule has 2 N–H and O–H groups in total. The third kappa shape index (κ3) is 3.06. The fourth-order valence-electron chi connectivity index (χ4n) is 2.53. The first-order valence-corrected chi connectivity index (χ1v) is 6.24.